The molecule has 6 heteroatoms. The number of ether oxygens (including phenoxy) is 1. The van der Waals surface area contributed by atoms with Gasteiger partial charge >= 0.3 is 0 Å². The SMILES string of the molecule is O=C(NCCOCCO)[C@]12CNC[C@H]1CN(Cc1ccccc1)C2. The van der Waals surface area contributed by atoms with E-state index in [0.29, 0.717) is 25.7 Å². The lowest BCUT2D eigenvalue weighted by Gasteiger charge is -2.27. The molecule has 0 bridgehead atoms. The highest BCUT2D eigenvalue weighted by Crippen LogP contribution is 2.39. The van der Waals surface area contributed by atoms with Crippen LogP contribution in [0, 0.1) is 11.3 Å². The molecule has 24 heavy (non-hydrogen) atoms. The number of nitrogens with zero attached hydrogens (tertiary/aromatic N) is 1. The quantitative estimate of drug-likeness (QED) is 0.576. The summed E-state index contributed by atoms with van der Waals surface area (Å²) >= 11 is 0. The lowest BCUT2D eigenvalue weighted by Crippen LogP contribution is -2.48. The Balaban J connectivity index is 1.55. The summed E-state index contributed by atoms with van der Waals surface area (Å²) in [6.45, 7) is 5.55. The summed E-state index contributed by atoms with van der Waals surface area (Å²) in [4.78, 5) is 15.2. The predicted octanol–water partition coefficient (Wildman–Crippen LogP) is -0.167. The Bertz CT molecular complexity index is 540. The molecule has 2 fully saturated rings. The van der Waals surface area contributed by atoms with E-state index >= 15 is 0 Å². The van der Waals surface area contributed by atoms with Gasteiger partial charge in [-0.3, -0.25) is 9.69 Å². The second-order valence-corrected chi connectivity index (χ2v) is 6.73. The van der Waals surface area contributed by atoms with Crippen LogP contribution in [0.2, 0.25) is 0 Å². The van der Waals surface area contributed by atoms with Gasteiger partial charge in [-0.25, -0.2) is 0 Å². The van der Waals surface area contributed by atoms with Crippen molar-refractivity contribution in [3.63, 3.8) is 0 Å². The van der Waals surface area contributed by atoms with E-state index < -0.39 is 0 Å². The van der Waals surface area contributed by atoms with Gasteiger partial charge in [-0.15, -0.1) is 0 Å². The number of carbonyl (C=O) groups is 1. The van der Waals surface area contributed by atoms with E-state index in [1.165, 1.54) is 5.56 Å². The number of aliphatic hydroxyl groups excluding tert-OH is 1. The number of amides is 1. The second-order valence-electron chi connectivity index (χ2n) is 6.73. The van der Waals surface area contributed by atoms with Crippen molar-refractivity contribution in [2.24, 2.45) is 11.3 Å². The predicted molar refractivity (Wildman–Crippen MR) is 91.4 cm³/mol. The van der Waals surface area contributed by atoms with Crippen LogP contribution in [0.3, 0.4) is 0 Å². The Hall–Kier alpha value is -1.47. The van der Waals surface area contributed by atoms with Gasteiger partial charge < -0.3 is 20.5 Å². The van der Waals surface area contributed by atoms with Crippen LogP contribution in [0.4, 0.5) is 0 Å². The van der Waals surface area contributed by atoms with Crippen molar-refractivity contribution in [1.29, 1.82) is 0 Å². The van der Waals surface area contributed by atoms with E-state index in [0.717, 1.165) is 32.7 Å². The molecule has 3 N–H and O–H groups in total. The number of aliphatic hydroxyl groups is 1. The Kier molecular flexibility index (Phi) is 5.84. The Morgan fingerprint density at radius 2 is 2.21 bits per heavy atom. The molecule has 1 aromatic carbocycles. The third-order valence-electron chi connectivity index (χ3n) is 5.07. The van der Waals surface area contributed by atoms with E-state index in [4.69, 9.17) is 9.84 Å². The zero-order valence-corrected chi connectivity index (χ0v) is 14.0. The van der Waals surface area contributed by atoms with Crippen LogP contribution in [0.25, 0.3) is 0 Å². The summed E-state index contributed by atoms with van der Waals surface area (Å²) in [7, 11) is 0. The molecule has 3 rings (SSSR count). The Morgan fingerprint density at radius 3 is 3.00 bits per heavy atom. The van der Waals surface area contributed by atoms with Crippen LogP contribution in [0.15, 0.2) is 30.3 Å². The van der Waals surface area contributed by atoms with Crippen molar-refractivity contribution in [2.45, 2.75) is 6.54 Å². The smallest absolute Gasteiger partial charge is 0.229 e. The first-order valence-corrected chi connectivity index (χ1v) is 8.68. The van der Waals surface area contributed by atoms with Crippen molar-refractivity contribution >= 4 is 5.91 Å². The monoisotopic (exact) mass is 333 g/mol. The van der Waals surface area contributed by atoms with Gasteiger partial charge in [0.1, 0.15) is 0 Å². The van der Waals surface area contributed by atoms with E-state index in [1.807, 2.05) is 6.07 Å². The summed E-state index contributed by atoms with van der Waals surface area (Å²) in [5, 5.41) is 15.1. The van der Waals surface area contributed by atoms with Crippen LogP contribution in [-0.2, 0) is 16.1 Å². The van der Waals surface area contributed by atoms with Gasteiger partial charge in [0.05, 0.1) is 25.2 Å². The minimum absolute atomic E-state index is 0.0122. The summed E-state index contributed by atoms with van der Waals surface area (Å²) in [5.74, 6) is 0.486. The molecule has 1 amide bonds. The highest BCUT2D eigenvalue weighted by Gasteiger charge is 2.54. The van der Waals surface area contributed by atoms with E-state index in [9.17, 15) is 4.79 Å². The molecule has 0 unspecified atom stereocenters. The van der Waals surface area contributed by atoms with Gasteiger partial charge in [-0.2, -0.15) is 0 Å². The van der Waals surface area contributed by atoms with Crippen molar-refractivity contribution < 1.29 is 14.6 Å². The third kappa shape index (κ3) is 3.78. The molecule has 0 aromatic heterocycles. The summed E-state index contributed by atoms with van der Waals surface area (Å²) < 4.78 is 5.21. The maximum atomic E-state index is 12.8. The molecule has 1 aromatic rings. The fourth-order valence-electron chi connectivity index (χ4n) is 3.89. The van der Waals surface area contributed by atoms with Gasteiger partial charge in [0.15, 0.2) is 0 Å². The van der Waals surface area contributed by atoms with Crippen LogP contribution in [-0.4, -0.2) is 68.5 Å². The van der Waals surface area contributed by atoms with Crippen LogP contribution >= 0.6 is 0 Å². The van der Waals surface area contributed by atoms with Crippen LogP contribution in [0.1, 0.15) is 5.56 Å². The third-order valence-corrected chi connectivity index (χ3v) is 5.07. The summed E-state index contributed by atoms with van der Waals surface area (Å²) in [6, 6.07) is 10.4. The minimum Gasteiger partial charge on any atom is -0.394 e. The maximum absolute atomic E-state index is 12.8. The lowest BCUT2D eigenvalue weighted by molar-refractivity contribution is -0.131. The lowest BCUT2D eigenvalue weighted by atomic mass is 9.80. The molecule has 0 spiro atoms. The molecule has 0 saturated carbocycles. The van der Waals surface area contributed by atoms with Gasteiger partial charge in [0.25, 0.3) is 0 Å². The Labute approximate surface area is 143 Å². The number of benzene rings is 1. The molecule has 2 aliphatic rings. The number of hydrogen-bond acceptors (Lipinski definition) is 5. The summed E-state index contributed by atoms with van der Waals surface area (Å²) in [6.07, 6.45) is 0. The van der Waals surface area contributed by atoms with Crippen molar-refractivity contribution in [3.05, 3.63) is 35.9 Å². The highest BCUT2D eigenvalue weighted by atomic mass is 16.5. The molecular formula is C18H27N3O3. The molecule has 2 atom stereocenters. The van der Waals surface area contributed by atoms with Crippen LogP contribution in [0.5, 0.6) is 0 Å². The van der Waals surface area contributed by atoms with Crippen molar-refractivity contribution in [2.75, 3.05) is 52.5 Å². The maximum Gasteiger partial charge on any atom is 0.229 e. The van der Waals surface area contributed by atoms with Gasteiger partial charge in [0.2, 0.25) is 5.91 Å². The average molecular weight is 333 g/mol. The van der Waals surface area contributed by atoms with Gasteiger partial charge in [-0.1, -0.05) is 30.3 Å². The molecule has 6 nitrogen and oxygen atoms in total. The number of fused-ring (bicyclic) bond motifs is 1. The highest BCUT2D eigenvalue weighted by molar-refractivity contribution is 5.84. The Morgan fingerprint density at radius 1 is 1.38 bits per heavy atom. The number of carbonyl (C=O) groups excluding carboxylic acids is 1. The second kappa shape index (κ2) is 8.07. The molecular weight excluding hydrogens is 306 g/mol. The molecule has 2 aliphatic heterocycles. The van der Waals surface area contributed by atoms with Gasteiger partial charge in [0, 0.05) is 45.2 Å². The fourth-order valence-corrected chi connectivity index (χ4v) is 3.89. The molecule has 0 aliphatic carbocycles. The van der Waals surface area contributed by atoms with E-state index in [1.54, 1.807) is 0 Å². The number of hydrogen-bond donors (Lipinski definition) is 3. The average Bonchev–Trinajstić information content (AvgIpc) is 3.13. The first-order chi connectivity index (χ1) is 11.7. The molecule has 2 saturated heterocycles. The molecule has 0 radical (unpaired) electrons. The van der Waals surface area contributed by atoms with Crippen molar-refractivity contribution in [3.8, 4) is 0 Å². The number of likely N-dealkylation sites (tertiary alicyclic amines) is 1. The topological polar surface area (TPSA) is 73.8 Å². The zero-order chi connectivity index (χ0) is 16.8. The largest absolute Gasteiger partial charge is 0.394 e. The molecule has 132 valence electrons. The first kappa shape index (κ1) is 17.4. The van der Waals surface area contributed by atoms with E-state index in [-0.39, 0.29) is 17.9 Å². The minimum atomic E-state index is -0.328. The number of nitrogens with one attached hydrogen (secondary N) is 2. The normalized spacial score (nSPS) is 26.5. The fraction of sp³-hybridized carbons (Fsp3) is 0.611. The van der Waals surface area contributed by atoms with Gasteiger partial charge in [-0.05, 0) is 5.56 Å². The first-order valence-electron chi connectivity index (χ1n) is 8.68. The van der Waals surface area contributed by atoms with Crippen LogP contribution < -0.4 is 10.6 Å². The standard InChI is InChI=1S/C18H27N3O3/c22-7-9-24-8-6-20-17(23)18-13-19-10-16(18)12-21(14-18)11-15-4-2-1-3-5-15/h1-5,16,19,22H,6-14H2,(H,20,23)/t16-,18-/m0/s1. The molecule has 2 heterocycles. The van der Waals surface area contributed by atoms with E-state index in [2.05, 4.69) is 39.8 Å². The van der Waals surface area contributed by atoms with Crippen molar-refractivity contribution in [1.82, 2.24) is 15.5 Å². The summed E-state index contributed by atoms with van der Waals surface area (Å²) in [5.41, 5.74) is 0.963. The number of rotatable bonds is 8. The zero-order valence-electron chi connectivity index (χ0n) is 14.0.